The Balaban J connectivity index is 1.22. The molecule has 0 spiro atoms. The molecule has 0 radical (unpaired) electrons. The fourth-order valence-electron chi connectivity index (χ4n) is 5.71. The molecule has 2 N–H and O–H groups in total. The van der Waals surface area contributed by atoms with E-state index in [0.29, 0.717) is 55.8 Å². The Labute approximate surface area is 263 Å². The maximum atomic E-state index is 14.0. The normalized spacial score (nSPS) is 16.4. The van der Waals surface area contributed by atoms with Crippen LogP contribution in [-0.4, -0.2) is 65.7 Å². The lowest BCUT2D eigenvalue weighted by atomic mass is 9.90. The van der Waals surface area contributed by atoms with Crippen LogP contribution in [0.1, 0.15) is 37.2 Å². The molecular weight excluding hydrogens is 617 g/mol. The van der Waals surface area contributed by atoms with Gasteiger partial charge in [-0.15, -0.1) is 22.7 Å². The Morgan fingerprint density at radius 3 is 2.61 bits per heavy atom. The number of thiazole rings is 2. The molecule has 0 aliphatic carbocycles. The zero-order chi connectivity index (χ0) is 30.0. The van der Waals surface area contributed by atoms with Crippen LogP contribution in [0.25, 0.3) is 21.6 Å². The summed E-state index contributed by atoms with van der Waals surface area (Å²) in [4.78, 5) is 46.8. The van der Waals surface area contributed by atoms with Crippen LogP contribution < -0.4 is 16.2 Å². The number of carbonyl (C=O) groups is 1. The number of aromatic nitrogens is 5. The summed E-state index contributed by atoms with van der Waals surface area (Å²) in [6.45, 7) is 3.29. The van der Waals surface area contributed by atoms with Crippen LogP contribution in [-0.2, 0) is 22.1 Å². The average Bonchev–Trinajstić information content (AvgIpc) is 3.86. The summed E-state index contributed by atoms with van der Waals surface area (Å²) in [6, 6.07) is 10.0. The minimum atomic E-state index is -1.49. The van der Waals surface area contributed by atoms with Gasteiger partial charge in [-0.2, -0.15) is 4.98 Å². The molecule has 44 heavy (non-hydrogen) atoms. The van der Waals surface area contributed by atoms with E-state index in [4.69, 9.17) is 4.98 Å². The number of anilines is 2. The molecule has 1 amide bonds. The summed E-state index contributed by atoms with van der Waals surface area (Å²) >= 11 is 2.52. The number of hydrogen-bond acceptors (Lipinski definition) is 11. The zero-order valence-electron chi connectivity index (χ0n) is 23.8. The van der Waals surface area contributed by atoms with Crippen molar-refractivity contribution in [2.75, 3.05) is 31.5 Å². The first-order valence-corrected chi connectivity index (χ1v) is 17.5. The van der Waals surface area contributed by atoms with Crippen LogP contribution in [0.3, 0.4) is 0 Å². The molecule has 2 aliphatic heterocycles. The first-order valence-electron chi connectivity index (χ1n) is 14.6. The van der Waals surface area contributed by atoms with Gasteiger partial charge < -0.3 is 15.5 Å². The molecule has 226 valence electrons. The third-order valence-electron chi connectivity index (χ3n) is 8.05. The Bertz CT molecular complexity index is 1880. The number of likely N-dealkylation sites (tertiary alicyclic amines) is 1. The number of nitrogens with zero attached hydrogens (tertiary/aromatic N) is 6. The van der Waals surface area contributed by atoms with Crippen LogP contribution >= 0.6 is 22.7 Å². The Morgan fingerprint density at radius 1 is 1.07 bits per heavy atom. The molecule has 6 heterocycles. The van der Waals surface area contributed by atoms with E-state index in [9.17, 15) is 13.8 Å². The number of rotatable bonds is 8. The molecule has 1 aromatic carbocycles. The Morgan fingerprint density at radius 2 is 1.86 bits per heavy atom. The van der Waals surface area contributed by atoms with Crippen LogP contribution in [0, 0.1) is 0 Å². The lowest BCUT2D eigenvalue weighted by Crippen LogP contribution is -2.35. The highest BCUT2D eigenvalue weighted by Gasteiger charge is 2.23. The highest BCUT2D eigenvalue weighted by Crippen LogP contribution is 2.29. The van der Waals surface area contributed by atoms with Crippen molar-refractivity contribution >= 4 is 62.0 Å². The standard InChI is InChI=1S/C30H30N8O3S3/c39-25(37-11-1-2-12-37)16-38-27-21(13-23(29(38)40)28-35-24(17-42-28)44(41)26-15-32-18-43-26)14-33-30(36-27)34-22-5-3-19(4-6-22)20-7-9-31-10-8-20/h3-6,13-15,17-18,20,31H,1-2,7-12,16H2,(H,33,34,36). The van der Waals surface area contributed by atoms with Crippen LogP contribution in [0.2, 0.25) is 0 Å². The molecule has 7 rings (SSSR count). The third kappa shape index (κ3) is 5.94. The van der Waals surface area contributed by atoms with Crippen LogP contribution in [0.4, 0.5) is 11.6 Å². The number of nitrogens with one attached hydrogen (secondary N) is 2. The minimum absolute atomic E-state index is 0.129. The zero-order valence-corrected chi connectivity index (χ0v) is 26.2. The molecule has 2 fully saturated rings. The van der Waals surface area contributed by atoms with E-state index < -0.39 is 10.8 Å². The van der Waals surface area contributed by atoms with Gasteiger partial charge in [0.15, 0.2) is 0 Å². The average molecular weight is 647 g/mol. The van der Waals surface area contributed by atoms with Crippen molar-refractivity contribution in [3.8, 4) is 10.6 Å². The lowest BCUT2D eigenvalue weighted by molar-refractivity contribution is -0.130. The fraction of sp³-hybridized carbons (Fsp3) is 0.333. The molecule has 5 aromatic rings. The highest BCUT2D eigenvalue weighted by atomic mass is 32.2. The molecule has 0 bridgehead atoms. The fourth-order valence-corrected chi connectivity index (χ4v) is 8.57. The second-order valence-electron chi connectivity index (χ2n) is 10.9. The molecule has 0 saturated carbocycles. The number of pyridine rings is 1. The van der Waals surface area contributed by atoms with Crippen LogP contribution in [0.5, 0.6) is 0 Å². The predicted octanol–water partition coefficient (Wildman–Crippen LogP) is 4.37. The number of hydrogen-bond donors (Lipinski definition) is 2. The summed E-state index contributed by atoms with van der Waals surface area (Å²) in [5.74, 6) is 0.759. The molecular formula is C30H30N8O3S3. The predicted molar refractivity (Wildman–Crippen MR) is 172 cm³/mol. The summed E-state index contributed by atoms with van der Waals surface area (Å²) < 4.78 is 15.0. The monoisotopic (exact) mass is 646 g/mol. The largest absolute Gasteiger partial charge is 0.341 e. The van der Waals surface area contributed by atoms with Crippen molar-refractivity contribution < 1.29 is 9.00 Å². The van der Waals surface area contributed by atoms with Crippen LogP contribution in [0.15, 0.2) is 67.6 Å². The molecule has 14 heteroatoms. The number of piperidine rings is 1. The first kappa shape index (κ1) is 28.9. The minimum Gasteiger partial charge on any atom is -0.341 e. The first-order chi connectivity index (χ1) is 21.5. The molecule has 2 saturated heterocycles. The summed E-state index contributed by atoms with van der Waals surface area (Å²) in [5.41, 5.74) is 4.06. The third-order valence-corrected chi connectivity index (χ3v) is 11.4. The molecule has 4 aromatic heterocycles. The summed E-state index contributed by atoms with van der Waals surface area (Å²) in [6.07, 6.45) is 7.36. The maximum absolute atomic E-state index is 14.0. The number of fused-ring (bicyclic) bond motifs is 1. The Hall–Kier alpha value is -3.85. The topological polar surface area (TPSA) is 135 Å². The van der Waals surface area contributed by atoms with E-state index in [1.54, 1.807) is 34.3 Å². The van der Waals surface area contributed by atoms with Gasteiger partial charge in [-0.1, -0.05) is 12.1 Å². The van der Waals surface area contributed by atoms with Crippen molar-refractivity contribution in [1.29, 1.82) is 0 Å². The van der Waals surface area contributed by atoms with Gasteiger partial charge in [-0.25, -0.2) is 14.2 Å². The van der Waals surface area contributed by atoms with Gasteiger partial charge in [0.25, 0.3) is 5.56 Å². The van der Waals surface area contributed by atoms with Crippen molar-refractivity contribution in [1.82, 2.24) is 34.7 Å². The SMILES string of the molecule is O=C(Cn1c(=O)c(-c2nc(S(=O)c3cncs3)cs2)cc2cnc(Nc3ccc(C4CCNCC4)cc3)nc21)N1CCCC1. The van der Waals surface area contributed by atoms with Gasteiger partial charge in [0.1, 0.15) is 37.2 Å². The van der Waals surface area contributed by atoms with Gasteiger partial charge in [-0.3, -0.25) is 19.1 Å². The van der Waals surface area contributed by atoms with Crippen molar-refractivity contribution in [3.63, 3.8) is 0 Å². The molecule has 1 atom stereocenters. The van der Waals surface area contributed by atoms with E-state index in [2.05, 4.69) is 37.7 Å². The summed E-state index contributed by atoms with van der Waals surface area (Å²) in [5, 5.41) is 9.74. The van der Waals surface area contributed by atoms with Gasteiger partial charge in [-0.05, 0) is 68.5 Å². The van der Waals surface area contributed by atoms with E-state index in [-0.39, 0.29) is 18.0 Å². The number of amides is 1. The lowest BCUT2D eigenvalue weighted by Gasteiger charge is -2.23. The van der Waals surface area contributed by atoms with Crippen molar-refractivity contribution in [2.45, 2.75) is 47.4 Å². The van der Waals surface area contributed by atoms with E-state index >= 15 is 0 Å². The highest BCUT2D eigenvalue weighted by molar-refractivity contribution is 7.87. The van der Waals surface area contributed by atoms with Gasteiger partial charge in [0, 0.05) is 35.7 Å². The Kier molecular flexibility index (Phi) is 8.30. The van der Waals surface area contributed by atoms with Crippen molar-refractivity contribution in [3.05, 3.63) is 69.5 Å². The molecule has 2 aliphatic rings. The number of benzene rings is 1. The number of carbonyl (C=O) groups excluding carboxylic acids is 1. The quantitative estimate of drug-likeness (QED) is 0.252. The van der Waals surface area contributed by atoms with E-state index in [0.717, 1.165) is 44.5 Å². The van der Waals surface area contributed by atoms with Gasteiger partial charge in [0.2, 0.25) is 11.9 Å². The second-order valence-corrected chi connectivity index (χ2v) is 14.3. The molecule has 11 nitrogen and oxygen atoms in total. The van der Waals surface area contributed by atoms with Crippen molar-refractivity contribution in [2.24, 2.45) is 0 Å². The molecule has 1 unspecified atom stereocenters. The van der Waals surface area contributed by atoms with E-state index in [1.807, 2.05) is 12.1 Å². The van der Waals surface area contributed by atoms with E-state index in [1.165, 1.54) is 32.8 Å². The smallest absolute Gasteiger partial charge is 0.263 e. The summed E-state index contributed by atoms with van der Waals surface area (Å²) in [7, 11) is -1.49. The second kappa shape index (κ2) is 12.6. The van der Waals surface area contributed by atoms with Gasteiger partial charge in [0.05, 0.1) is 17.3 Å². The maximum Gasteiger partial charge on any atom is 0.263 e. The van der Waals surface area contributed by atoms with Gasteiger partial charge >= 0.3 is 0 Å².